The number of aromatic carboxylic acids is 1. The fraction of sp³-hybridized carbons (Fsp3) is 0.491. The molecule has 5 bridgehead atoms. The molecular formula is C57H65ClFN5O16. The van der Waals surface area contributed by atoms with E-state index in [1.807, 2.05) is 0 Å². The summed E-state index contributed by atoms with van der Waals surface area (Å²) in [6.07, 6.45) is 4.38. The second-order valence-electron chi connectivity index (χ2n) is 21.6. The number of carboxylic acid groups (broad SMARTS) is 1. The van der Waals surface area contributed by atoms with Crippen molar-refractivity contribution in [1.82, 2.24) is 19.7 Å². The number of halogens is 2. The molecule has 23 heteroatoms. The largest absolute Gasteiger partial charge is 0.507 e. The molecule has 2 saturated heterocycles. The number of phenols is 1. The Balaban J connectivity index is 1.02. The number of pyridine rings is 1. The van der Waals surface area contributed by atoms with Crippen LogP contribution in [-0.2, 0) is 23.7 Å². The number of carbonyl (C=O) groups is 6. The Kier molecular flexibility index (Phi) is 16.1. The molecule has 0 radical (unpaired) electrons. The minimum Gasteiger partial charge on any atom is -0.507 e. The number of ether oxygens (including phenoxy) is 5. The fourth-order valence-electron chi connectivity index (χ4n) is 11.4. The lowest BCUT2D eigenvalue weighted by molar-refractivity contribution is -0.116. The molecule has 3 fully saturated rings. The van der Waals surface area contributed by atoms with Crippen LogP contribution in [0, 0.1) is 36.4 Å². The summed E-state index contributed by atoms with van der Waals surface area (Å²) in [5.41, 5.74) is -2.97. The maximum absolute atomic E-state index is 16.1. The van der Waals surface area contributed by atoms with E-state index in [4.69, 9.17) is 35.3 Å². The van der Waals surface area contributed by atoms with Crippen molar-refractivity contribution < 1.29 is 77.3 Å². The molecule has 3 aromatic rings. The number of hydrogen-bond donors (Lipinski definition) is 5. The van der Waals surface area contributed by atoms with Gasteiger partial charge in [-0.2, -0.15) is 0 Å². The van der Waals surface area contributed by atoms with Gasteiger partial charge >= 0.3 is 17.8 Å². The van der Waals surface area contributed by atoms with Crippen LogP contribution in [-0.4, -0.2) is 160 Å². The highest BCUT2D eigenvalue weighted by Crippen LogP contribution is 2.49. The molecule has 10 rings (SSSR count). The van der Waals surface area contributed by atoms with Crippen LogP contribution in [0.5, 0.6) is 11.5 Å². The van der Waals surface area contributed by atoms with Crippen molar-refractivity contribution >= 4 is 63.5 Å². The van der Waals surface area contributed by atoms with Gasteiger partial charge in [-0.05, 0) is 38.8 Å². The van der Waals surface area contributed by atoms with E-state index in [0.717, 1.165) is 12.3 Å². The molecule has 2 amide bonds. The standard InChI is InChI=1S/C57H65ClFN5O16/c1-26-10-9-11-27(2)54(72)60-41-44(62-19-22-77-23-20-62)50(70)37-38(49(41)69)47(67)31(6)52-39(37)53(71)57(7,80-52)78-21-14-36(76-8)28(3)51(30(5)46(66)29(4)45(26)65)79-56(75)63-17-15-61(16-18-63)43-35(59)24-33-42(40(43)58)64(32-12-13-32)25-34(48(33)68)55(73)74/h9-11,14,21,24-26,28-30,32,36,45-46,51,65-67H,12-13,15-20,22-23H2,1-8H3,(H,60,72)(H,73,74)/b10-9+,21-14+,27-11-/t26-,28+,29+,30+,36-,45-,46+,51+,57-/m0/s1. The van der Waals surface area contributed by atoms with Crippen molar-refractivity contribution in [1.29, 1.82) is 0 Å². The van der Waals surface area contributed by atoms with Crippen LogP contribution in [0.2, 0.25) is 5.02 Å². The predicted molar refractivity (Wildman–Crippen MR) is 287 cm³/mol. The van der Waals surface area contributed by atoms with Crippen LogP contribution in [0.25, 0.3) is 10.9 Å². The van der Waals surface area contributed by atoms with Crippen LogP contribution in [0.3, 0.4) is 0 Å². The lowest BCUT2D eigenvalue weighted by Gasteiger charge is -2.40. The molecule has 5 aliphatic heterocycles. The van der Waals surface area contributed by atoms with Crippen molar-refractivity contribution in [3.8, 4) is 11.5 Å². The molecule has 1 saturated carbocycles. The first-order valence-electron chi connectivity index (χ1n) is 26.6. The number of methoxy groups -OCH3 is 1. The van der Waals surface area contributed by atoms with Gasteiger partial charge < -0.3 is 68.7 Å². The number of nitrogens with zero attached hydrogens (tertiary/aromatic N) is 4. The van der Waals surface area contributed by atoms with Gasteiger partial charge in [0.05, 0.1) is 76.1 Å². The molecule has 2 aromatic carbocycles. The summed E-state index contributed by atoms with van der Waals surface area (Å²) < 4.78 is 47.7. The van der Waals surface area contributed by atoms with Gasteiger partial charge in [-0.25, -0.2) is 14.0 Å². The van der Waals surface area contributed by atoms with Crippen LogP contribution in [0.15, 0.2) is 64.6 Å². The van der Waals surface area contributed by atoms with Crippen molar-refractivity contribution in [2.24, 2.45) is 23.7 Å². The number of fused-ring (bicyclic) bond motifs is 15. The first kappa shape index (κ1) is 57.6. The Hall–Kier alpha value is -7.11. The van der Waals surface area contributed by atoms with Gasteiger partial charge in [0.15, 0.2) is 0 Å². The van der Waals surface area contributed by atoms with Crippen LogP contribution < -0.4 is 20.4 Å². The second-order valence-corrected chi connectivity index (χ2v) is 22.0. The van der Waals surface area contributed by atoms with Gasteiger partial charge in [-0.15, -0.1) is 0 Å². The monoisotopic (exact) mass is 1130 g/mol. The van der Waals surface area contributed by atoms with Gasteiger partial charge in [0, 0.05) is 100 Å². The number of allylic oxidation sites excluding steroid dienone is 4. The Labute approximate surface area is 464 Å². The van der Waals surface area contributed by atoms with Crippen LogP contribution in [0.4, 0.5) is 14.9 Å². The van der Waals surface area contributed by atoms with Gasteiger partial charge in [0.1, 0.15) is 40.4 Å². The van der Waals surface area contributed by atoms with Crippen LogP contribution in [0.1, 0.15) is 107 Å². The molecule has 9 atom stereocenters. The minimum atomic E-state index is -2.18. The van der Waals surface area contributed by atoms with Crippen molar-refractivity contribution in [2.75, 3.05) is 64.5 Å². The number of Topliss-reactive ketones (excluding diaryl/α,β-unsaturated/α-hetero) is 3. The third-order valence-electron chi connectivity index (χ3n) is 16.4. The summed E-state index contributed by atoms with van der Waals surface area (Å²) in [5.74, 6) is -11.9. The third-order valence-corrected chi connectivity index (χ3v) is 16.8. The molecule has 6 heterocycles. The fourth-order valence-corrected chi connectivity index (χ4v) is 11.8. The zero-order chi connectivity index (χ0) is 58.0. The molecule has 5 N–H and O–H groups in total. The summed E-state index contributed by atoms with van der Waals surface area (Å²) in [6, 6.07) is 0.873. The van der Waals surface area contributed by atoms with E-state index in [0.29, 0.717) is 12.8 Å². The summed E-state index contributed by atoms with van der Waals surface area (Å²) in [7, 11) is 1.38. The maximum atomic E-state index is 16.1. The third kappa shape index (κ3) is 10.2. The highest BCUT2D eigenvalue weighted by atomic mass is 35.5. The number of anilines is 1. The number of ketones is 3. The smallest absolute Gasteiger partial charge is 0.410 e. The lowest BCUT2D eigenvalue weighted by Crippen LogP contribution is -2.52. The van der Waals surface area contributed by atoms with Gasteiger partial charge in [0.25, 0.3) is 11.7 Å². The molecule has 0 unspecified atom stereocenters. The number of aliphatic hydroxyl groups is 2. The topological polar surface area (TPSA) is 273 Å². The van der Waals surface area contributed by atoms with E-state index in [1.165, 1.54) is 57.2 Å². The van der Waals surface area contributed by atoms with E-state index in [2.05, 4.69) is 5.32 Å². The Bertz CT molecular complexity index is 3280. The summed E-state index contributed by atoms with van der Waals surface area (Å²) in [5, 5.41) is 47.6. The number of phenolic OH excluding ortho intramolecular Hbond substituents is 1. The Morgan fingerprint density at radius 3 is 2.19 bits per heavy atom. The Morgan fingerprint density at radius 1 is 0.875 bits per heavy atom. The second kappa shape index (κ2) is 22.4. The predicted octanol–water partition coefficient (Wildman–Crippen LogP) is 5.83. The normalized spacial score (nSPS) is 29.4. The van der Waals surface area contributed by atoms with E-state index in [9.17, 15) is 54.0 Å². The number of nitrogens with one attached hydrogen (secondary N) is 1. The summed E-state index contributed by atoms with van der Waals surface area (Å²) in [6.45, 7) is 11.7. The van der Waals surface area contributed by atoms with Crippen molar-refractivity contribution in [2.45, 2.75) is 97.6 Å². The molecule has 428 valence electrons. The average molecular weight is 1130 g/mol. The van der Waals surface area contributed by atoms with E-state index >= 15 is 4.39 Å². The van der Waals surface area contributed by atoms with Gasteiger partial charge in [0.2, 0.25) is 17.0 Å². The van der Waals surface area contributed by atoms with Crippen LogP contribution >= 0.6 is 11.6 Å². The van der Waals surface area contributed by atoms with E-state index in [-0.39, 0.29) is 108 Å². The van der Waals surface area contributed by atoms with Gasteiger partial charge in [-0.1, -0.05) is 57.5 Å². The molecule has 80 heavy (non-hydrogen) atoms. The zero-order valence-electron chi connectivity index (χ0n) is 45.5. The number of carboxylic acids is 1. The molecule has 1 aromatic heterocycles. The number of piperazine rings is 1. The van der Waals surface area contributed by atoms with E-state index in [1.54, 1.807) is 48.1 Å². The minimum absolute atomic E-state index is 0.00917. The highest BCUT2D eigenvalue weighted by molar-refractivity contribution is 6.38. The lowest BCUT2D eigenvalue weighted by atomic mass is 9.78. The van der Waals surface area contributed by atoms with Crippen molar-refractivity contribution in [3.05, 3.63) is 109 Å². The molecule has 7 aliphatic rings. The number of amides is 2. The number of aliphatic hydroxyl groups excluding tert-OH is 2. The molecule has 2 aliphatic carbocycles. The summed E-state index contributed by atoms with van der Waals surface area (Å²) >= 11 is 6.93. The SMILES string of the molecule is CO[C@H]1/C=C/O[C@@]2(C)Oc3c(C)c(O)c4c(c3C2=O)C(=O)C(N2CCOCC2)=C(NC(=O)/C(C)=C\C=C\[C@H](C)[C@H](O)[C@@H](C)[C@@H](O)[C@@H](C)[C@H](OC(=O)N2CCN(c3c(F)cc5c(=O)c(C(=O)O)cn(C6CC6)c5c3Cl)CC2)[C@@H]1C)C4=O. The molecule has 21 nitrogen and oxygen atoms in total. The van der Waals surface area contributed by atoms with E-state index < -0.39 is 129 Å². The average Bonchev–Trinajstić information content (AvgIpc) is 4.42. The highest BCUT2D eigenvalue weighted by Gasteiger charge is 2.53. The number of benzene rings is 2. The van der Waals surface area contributed by atoms with Gasteiger partial charge in [-0.3, -0.25) is 24.0 Å². The first-order valence-corrected chi connectivity index (χ1v) is 27.0. The number of hydrogen-bond acceptors (Lipinski definition) is 17. The molecular weight excluding hydrogens is 1070 g/mol. The maximum Gasteiger partial charge on any atom is 0.410 e. The summed E-state index contributed by atoms with van der Waals surface area (Å²) in [4.78, 5) is 102. The molecule has 0 spiro atoms. The first-order chi connectivity index (χ1) is 37.9. The Morgan fingerprint density at radius 2 is 1.55 bits per heavy atom. The number of aromatic hydroxyl groups is 1. The number of rotatable bonds is 6. The number of morpholine rings is 1. The number of carbonyl (C=O) groups excluding carboxylic acids is 5. The zero-order valence-corrected chi connectivity index (χ0v) is 46.3. The quantitative estimate of drug-likeness (QED) is 0.194. The van der Waals surface area contributed by atoms with Crippen molar-refractivity contribution in [3.63, 3.8) is 0 Å². The number of aromatic nitrogens is 1.